The second-order valence-electron chi connectivity index (χ2n) is 6.02. The second kappa shape index (κ2) is 4.93. The van der Waals surface area contributed by atoms with Gasteiger partial charge in [0.2, 0.25) is 0 Å². The summed E-state index contributed by atoms with van der Waals surface area (Å²) in [6.07, 6.45) is 7.00. The van der Waals surface area contributed by atoms with Crippen molar-refractivity contribution in [3.8, 4) is 0 Å². The van der Waals surface area contributed by atoms with Crippen LogP contribution in [0.5, 0.6) is 0 Å². The van der Waals surface area contributed by atoms with E-state index in [1.165, 1.54) is 43.2 Å². The molecule has 0 radical (unpaired) electrons. The van der Waals surface area contributed by atoms with Gasteiger partial charge in [-0.2, -0.15) is 0 Å². The summed E-state index contributed by atoms with van der Waals surface area (Å²) in [4.78, 5) is 2.66. The number of nitrogens with two attached hydrogens (primary N) is 1. The zero-order chi connectivity index (χ0) is 12.5. The average molecular weight is 244 g/mol. The van der Waals surface area contributed by atoms with Crippen molar-refractivity contribution in [3.63, 3.8) is 0 Å². The molecule has 98 valence electrons. The van der Waals surface area contributed by atoms with Crippen LogP contribution in [0, 0.1) is 5.92 Å². The highest BCUT2D eigenvalue weighted by molar-refractivity contribution is 5.46. The van der Waals surface area contributed by atoms with E-state index in [0.29, 0.717) is 0 Å². The number of nitrogen functional groups attached to an aromatic ring is 1. The van der Waals surface area contributed by atoms with Crippen LogP contribution in [0.2, 0.25) is 0 Å². The van der Waals surface area contributed by atoms with E-state index in [4.69, 9.17) is 5.73 Å². The third-order valence-corrected chi connectivity index (χ3v) is 4.89. The van der Waals surface area contributed by atoms with Crippen molar-refractivity contribution in [2.45, 2.75) is 58.2 Å². The van der Waals surface area contributed by atoms with E-state index in [1.807, 2.05) is 6.07 Å². The standard InChI is InChI=1S/C16H24N2/c1-2-12-3-7-16(8-4-12)18-10-13-5-6-15(17)9-14(13)11-18/h5-6,9,12,16H,2-4,7-8,10-11,17H2,1H3. The van der Waals surface area contributed by atoms with Gasteiger partial charge in [0.15, 0.2) is 0 Å². The lowest BCUT2D eigenvalue weighted by atomic mass is 9.84. The van der Waals surface area contributed by atoms with E-state index in [0.717, 1.165) is 30.7 Å². The summed E-state index contributed by atoms with van der Waals surface area (Å²) in [7, 11) is 0. The molecule has 0 aromatic heterocycles. The van der Waals surface area contributed by atoms with Gasteiger partial charge in [0.1, 0.15) is 0 Å². The maximum Gasteiger partial charge on any atom is 0.0317 e. The summed E-state index contributed by atoms with van der Waals surface area (Å²) >= 11 is 0. The molecule has 1 aliphatic heterocycles. The van der Waals surface area contributed by atoms with Gasteiger partial charge in [0, 0.05) is 24.8 Å². The molecule has 0 spiro atoms. The third kappa shape index (κ3) is 2.26. The quantitative estimate of drug-likeness (QED) is 0.806. The Hall–Kier alpha value is -1.02. The summed E-state index contributed by atoms with van der Waals surface area (Å²) in [5.41, 5.74) is 9.72. The molecule has 1 fully saturated rings. The summed E-state index contributed by atoms with van der Waals surface area (Å²) in [5, 5.41) is 0. The normalized spacial score (nSPS) is 28.3. The van der Waals surface area contributed by atoms with Gasteiger partial charge in [-0.05, 0) is 54.9 Å². The molecular weight excluding hydrogens is 220 g/mol. The number of hydrogen-bond acceptors (Lipinski definition) is 2. The van der Waals surface area contributed by atoms with Gasteiger partial charge in [0.05, 0.1) is 0 Å². The molecule has 1 heterocycles. The molecule has 2 aliphatic rings. The van der Waals surface area contributed by atoms with E-state index in [9.17, 15) is 0 Å². The van der Waals surface area contributed by atoms with Crippen LogP contribution in [0.1, 0.15) is 50.2 Å². The Kier molecular flexibility index (Phi) is 3.29. The molecule has 1 aromatic rings. The van der Waals surface area contributed by atoms with Gasteiger partial charge in [-0.1, -0.05) is 19.4 Å². The molecule has 1 aromatic carbocycles. The topological polar surface area (TPSA) is 29.3 Å². The van der Waals surface area contributed by atoms with Crippen molar-refractivity contribution in [1.82, 2.24) is 4.90 Å². The second-order valence-corrected chi connectivity index (χ2v) is 6.02. The number of hydrogen-bond donors (Lipinski definition) is 1. The van der Waals surface area contributed by atoms with Gasteiger partial charge >= 0.3 is 0 Å². The fourth-order valence-corrected chi connectivity index (χ4v) is 3.62. The van der Waals surface area contributed by atoms with Gasteiger partial charge < -0.3 is 5.73 Å². The lowest BCUT2D eigenvalue weighted by molar-refractivity contribution is 0.134. The Labute approximate surface area is 110 Å². The highest BCUT2D eigenvalue weighted by Gasteiger charge is 2.29. The van der Waals surface area contributed by atoms with Crippen molar-refractivity contribution in [3.05, 3.63) is 29.3 Å². The molecule has 0 unspecified atom stereocenters. The SMILES string of the molecule is CCC1CCC(N2Cc3ccc(N)cc3C2)CC1. The molecule has 3 rings (SSSR count). The summed E-state index contributed by atoms with van der Waals surface area (Å²) < 4.78 is 0. The number of fused-ring (bicyclic) bond motifs is 1. The molecule has 1 aliphatic carbocycles. The van der Waals surface area contributed by atoms with E-state index in [-0.39, 0.29) is 0 Å². The monoisotopic (exact) mass is 244 g/mol. The molecule has 0 amide bonds. The fraction of sp³-hybridized carbons (Fsp3) is 0.625. The molecule has 2 heteroatoms. The number of benzene rings is 1. The van der Waals surface area contributed by atoms with Crippen LogP contribution < -0.4 is 5.73 Å². The molecule has 2 N–H and O–H groups in total. The smallest absolute Gasteiger partial charge is 0.0317 e. The largest absolute Gasteiger partial charge is 0.399 e. The molecule has 1 saturated carbocycles. The Morgan fingerprint density at radius 3 is 2.56 bits per heavy atom. The van der Waals surface area contributed by atoms with Crippen LogP contribution in [0.3, 0.4) is 0 Å². The van der Waals surface area contributed by atoms with Crippen LogP contribution in [0.25, 0.3) is 0 Å². The molecule has 18 heavy (non-hydrogen) atoms. The molecule has 2 nitrogen and oxygen atoms in total. The average Bonchev–Trinajstić information content (AvgIpc) is 2.81. The zero-order valence-electron chi connectivity index (χ0n) is 11.4. The first kappa shape index (κ1) is 12.0. The van der Waals surface area contributed by atoms with Gasteiger partial charge in [-0.15, -0.1) is 0 Å². The fourth-order valence-electron chi connectivity index (χ4n) is 3.62. The van der Waals surface area contributed by atoms with Gasteiger partial charge in [-0.3, -0.25) is 4.90 Å². The van der Waals surface area contributed by atoms with Gasteiger partial charge in [-0.25, -0.2) is 0 Å². The molecule has 0 saturated heterocycles. The minimum absolute atomic E-state index is 0.807. The minimum Gasteiger partial charge on any atom is -0.399 e. The molecular formula is C16H24N2. The van der Waals surface area contributed by atoms with Crippen LogP contribution in [0.15, 0.2) is 18.2 Å². The van der Waals surface area contributed by atoms with Crippen molar-refractivity contribution < 1.29 is 0 Å². The van der Waals surface area contributed by atoms with E-state index in [1.54, 1.807) is 0 Å². The Balaban J connectivity index is 1.64. The van der Waals surface area contributed by atoms with Crippen molar-refractivity contribution in [1.29, 1.82) is 0 Å². The highest BCUT2D eigenvalue weighted by atomic mass is 15.2. The van der Waals surface area contributed by atoms with Crippen LogP contribution in [0.4, 0.5) is 5.69 Å². The van der Waals surface area contributed by atoms with Crippen molar-refractivity contribution in [2.24, 2.45) is 5.92 Å². The highest BCUT2D eigenvalue weighted by Crippen LogP contribution is 2.34. The minimum atomic E-state index is 0.807. The molecule has 0 atom stereocenters. The maximum atomic E-state index is 5.87. The summed E-state index contributed by atoms with van der Waals surface area (Å²) in [5.74, 6) is 0.988. The molecule has 0 bridgehead atoms. The lowest BCUT2D eigenvalue weighted by Crippen LogP contribution is -2.34. The lowest BCUT2D eigenvalue weighted by Gasteiger charge is -2.34. The maximum absolute atomic E-state index is 5.87. The van der Waals surface area contributed by atoms with Crippen molar-refractivity contribution in [2.75, 3.05) is 5.73 Å². The first-order valence-electron chi connectivity index (χ1n) is 7.37. The number of anilines is 1. The zero-order valence-corrected chi connectivity index (χ0v) is 11.4. The number of nitrogens with zero attached hydrogens (tertiary/aromatic N) is 1. The van der Waals surface area contributed by atoms with E-state index >= 15 is 0 Å². The summed E-state index contributed by atoms with van der Waals surface area (Å²) in [6.45, 7) is 4.58. The van der Waals surface area contributed by atoms with Crippen LogP contribution in [-0.2, 0) is 13.1 Å². The third-order valence-electron chi connectivity index (χ3n) is 4.89. The number of rotatable bonds is 2. The van der Waals surface area contributed by atoms with Crippen molar-refractivity contribution >= 4 is 5.69 Å². The first-order chi connectivity index (χ1) is 8.76. The Morgan fingerprint density at radius 2 is 1.83 bits per heavy atom. The summed E-state index contributed by atoms with van der Waals surface area (Å²) in [6, 6.07) is 7.22. The predicted molar refractivity (Wildman–Crippen MR) is 76.1 cm³/mol. The van der Waals surface area contributed by atoms with Crippen LogP contribution in [-0.4, -0.2) is 10.9 Å². The van der Waals surface area contributed by atoms with Crippen LogP contribution >= 0.6 is 0 Å². The Bertz CT molecular complexity index is 419. The predicted octanol–water partition coefficient (Wildman–Crippen LogP) is 3.55. The van der Waals surface area contributed by atoms with E-state index < -0.39 is 0 Å². The first-order valence-corrected chi connectivity index (χ1v) is 7.37. The van der Waals surface area contributed by atoms with E-state index in [2.05, 4.69) is 24.0 Å². The van der Waals surface area contributed by atoms with Gasteiger partial charge in [0.25, 0.3) is 0 Å². The Morgan fingerprint density at radius 1 is 1.11 bits per heavy atom.